The standard InChI is InChI=1S/C17H16F2N2O3/c1-21(8-11-5-6-14-15(7-11)24-10-23-14)9-16(22)20-17-12(18)3-2-4-13(17)19/h2-7H,8-10H2,1H3,(H,20,22)/p+1. The maximum atomic E-state index is 13.5. The van der Waals surface area contributed by atoms with Crippen LogP contribution in [0, 0.1) is 11.6 Å². The Hall–Kier alpha value is -2.67. The summed E-state index contributed by atoms with van der Waals surface area (Å²) in [4.78, 5) is 12.9. The van der Waals surface area contributed by atoms with E-state index in [0.717, 1.165) is 22.6 Å². The fraction of sp³-hybridized carbons (Fsp3) is 0.235. The monoisotopic (exact) mass is 335 g/mol. The normalized spacial score (nSPS) is 13.6. The van der Waals surface area contributed by atoms with Crippen molar-refractivity contribution in [2.24, 2.45) is 0 Å². The molecule has 3 rings (SSSR count). The Balaban J connectivity index is 1.58. The van der Waals surface area contributed by atoms with E-state index in [1.807, 2.05) is 25.2 Å². The third-order valence-corrected chi connectivity index (χ3v) is 3.63. The van der Waals surface area contributed by atoms with Crippen LogP contribution in [-0.4, -0.2) is 26.3 Å². The number of quaternary nitrogens is 1. The summed E-state index contributed by atoms with van der Waals surface area (Å²) in [6, 6.07) is 9.02. The van der Waals surface area contributed by atoms with Crippen LogP contribution in [0.5, 0.6) is 11.5 Å². The number of ether oxygens (including phenoxy) is 2. The van der Waals surface area contributed by atoms with Gasteiger partial charge in [0, 0.05) is 5.56 Å². The van der Waals surface area contributed by atoms with Crippen LogP contribution in [0.1, 0.15) is 5.56 Å². The quantitative estimate of drug-likeness (QED) is 0.867. The van der Waals surface area contributed by atoms with E-state index in [2.05, 4.69) is 5.32 Å². The molecule has 0 fully saturated rings. The molecule has 2 N–H and O–H groups in total. The van der Waals surface area contributed by atoms with E-state index in [1.165, 1.54) is 6.07 Å². The molecule has 2 aromatic carbocycles. The van der Waals surface area contributed by atoms with Gasteiger partial charge in [0.2, 0.25) is 6.79 Å². The number of hydrogen-bond acceptors (Lipinski definition) is 3. The fourth-order valence-corrected chi connectivity index (χ4v) is 2.54. The molecule has 0 aromatic heterocycles. The summed E-state index contributed by atoms with van der Waals surface area (Å²) < 4.78 is 37.6. The Morgan fingerprint density at radius 2 is 1.88 bits per heavy atom. The fourth-order valence-electron chi connectivity index (χ4n) is 2.54. The lowest BCUT2D eigenvalue weighted by Crippen LogP contribution is -3.08. The Bertz CT molecular complexity index is 747. The number of nitrogens with one attached hydrogen (secondary N) is 2. The summed E-state index contributed by atoms with van der Waals surface area (Å²) in [6.07, 6.45) is 0. The topological polar surface area (TPSA) is 52.0 Å². The SMILES string of the molecule is C[NH+](CC(=O)Nc1c(F)cccc1F)Cc1ccc2c(c1)OCO2. The first kappa shape index (κ1) is 16.2. The van der Waals surface area contributed by atoms with Crippen molar-refractivity contribution in [1.29, 1.82) is 0 Å². The van der Waals surface area contributed by atoms with Crippen LogP contribution in [0.15, 0.2) is 36.4 Å². The highest BCUT2D eigenvalue weighted by Gasteiger charge is 2.17. The van der Waals surface area contributed by atoms with E-state index in [1.54, 1.807) is 0 Å². The largest absolute Gasteiger partial charge is 0.454 e. The highest BCUT2D eigenvalue weighted by Crippen LogP contribution is 2.32. The average Bonchev–Trinajstić information content (AvgIpc) is 2.98. The lowest BCUT2D eigenvalue weighted by Gasteiger charge is -2.14. The second kappa shape index (κ2) is 6.84. The summed E-state index contributed by atoms with van der Waals surface area (Å²) in [5.74, 6) is -0.673. The number of fused-ring (bicyclic) bond motifs is 1. The smallest absolute Gasteiger partial charge is 0.279 e. The van der Waals surface area contributed by atoms with E-state index in [9.17, 15) is 13.6 Å². The van der Waals surface area contributed by atoms with E-state index in [0.29, 0.717) is 18.0 Å². The lowest BCUT2D eigenvalue weighted by molar-refractivity contribution is -0.885. The zero-order valence-electron chi connectivity index (χ0n) is 13.1. The minimum Gasteiger partial charge on any atom is -0.454 e. The molecule has 1 atom stereocenters. The van der Waals surface area contributed by atoms with Gasteiger partial charge in [-0.1, -0.05) is 6.07 Å². The predicted octanol–water partition coefficient (Wildman–Crippen LogP) is 1.35. The summed E-state index contributed by atoms with van der Waals surface area (Å²) in [6.45, 7) is 0.837. The molecule has 5 nitrogen and oxygen atoms in total. The summed E-state index contributed by atoms with van der Waals surface area (Å²) >= 11 is 0. The molecule has 2 aromatic rings. The van der Waals surface area contributed by atoms with Gasteiger partial charge in [0.05, 0.1) is 7.05 Å². The van der Waals surface area contributed by atoms with Crippen molar-refractivity contribution in [3.63, 3.8) is 0 Å². The van der Waals surface area contributed by atoms with Crippen LogP contribution >= 0.6 is 0 Å². The summed E-state index contributed by atoms with van der Waals surface area (Å²) in [7, 11) is 1.82. The van der Waals surface area contributed by atoms with Gasteiger partial charge in [-0.05, 0) is 30.3 Å². The molecule has 1 aliphatic heterocycles. The van der Waals surface area contributed by atoms with Crippen LogP contribution < -0.4 is 19.7 Å². The number of benzene rings is 2. The Labute approximate surface area is 137 Å². The molecule has 1 unspecified atom stereocenters. The van der Waals surface area contributed by atoms with Crippen molar-refractivity contribution >= 4 is 11.6 Å². The van der Waals surface area contributed by atoms with E-state index >= 15 is 0 Å². The minimum absolute atomic E-state index is 0.0716. The molecule has 0 saturated heterocycles. The van der Waals surface area contributed by atoms with Gasteiger partial charge in [0.1, 0.15) is 23.9 Å². The van der Waals surface area contributed by atoms with Gasteiger partial charge in [0.25, 0.3) is 5.91 Å². The van der Waals surface area contributed by atoms with Gasteiger partial charge >= 0.3 is 0 Å². The van der Waals surface area contributed by atoms with Gasteiger partial charge in [-0.25, -0.2) is 8.78 Å². The Morgan fingerprint density at radius 1 is 1.17 bits per heavy atom. The van der Waals surface area contributed by atoms with Crippen molar-refractivity contribution in [2.45, 2.75) is 6.54 Å². The molecular weight excluding hydrogens is 318 g/mol. The van der Waals surface area contributed by atoms with E-state index < -0.39 is 23.2 Å². The second-order valence-corrected chi connectivity index (χ2v) is 5.64. The van der Waals surface area contributed by atoms with Crippen molar-refractivity contribution in [3.8, 4) is 11.5 Å². The zero-order valence-corrected chi connectivity index (χ0v) is 13.1. The van der Waals surface area contributed by atoms with Gasteiger partial charge in [-0.15, -0.1) is 0 Å². The number of likely N-dealkylation sites (N-methyl/N-ethyl adjacent to an activating group) is 1. The molecule has 0 spiro atoms. The number of para-hydroxylation sites is 1. The first-order valence-corrected chi connectivity index (χ1v) is 7.46. The van der Waals surface area contributed by atoms with Crippen molar-refractivity contribution in [1.82, 2.24) is 0 Å². The molecule has 0 bridgehead atoms. The van der Waals surface area contributed by atoms with Crippen molar-refractivity contribution in [3.05, 3.63) is 53.6 Å². The Kier molecular flexibility index (Phi) is 4.61. The number of carbonyl (C=O) groups is 1. The van der Waals surface area contributed by atoms with Crippen molar-refractivity contribution in [2.75, 3.05) is 25.7 Å². The second-order valence-electron chi connectivity index (χ2n) is 5.64. The molecule has 7 heteroatoms. The number of rotatable bonds is 5. The summed E-state index contributed by atoms with van der Waals surface area (Å²) in [5, 5.41) is 2.28. The third kappa shape index (κ3) is 3.62. The molecule has 1 amide bonds. The minimum atomic E-state index is -0.795. The molecule has 1 heterocycles. The Morgan fingerprint density at radius 3 is 2.62 bits per heavy atom. The molecule has 0 radical (unpaired) electrons. The number of hydrogen-bond donors (Lipinski definition) is 2. The predicted molar refractivity (Wildman–Crippen MR) is 83.0 cm³/mol. The number of halogens is 2. The molecular formula is C17H17F2N2O3+. The zero-order chi connectivity index (χ0) is 17.1. The van der Waals surface area contributed by atoms with Gasteiger partial charge < -0.3 is 19.7 Å². The van der Waals surface area contributed by atoms with Gasteiger partial charge in [0.15, 0.2) is 18.0 Å². The first-order valence-electron chi connectivity index (χ1n) is 7.46. The average molecular weight is 335 g/mol. The lowest BCUT2D eigenvalue weighted by atomic mass is 10.2. The van der Waals surface area contributed by atoms with Crippen LogP contribution in [0.2, 0.25) is 0 Å². The molecule has 1 aliphatic rings. The van der Waals surface area contributed by atoms with Crippen LogP contribution in [-0.2, 0) is 11.3 Å². The molecule has 0 saturated carbocycles. The van der Waals surface area contributed by atoms with E-state index in [4.69, 9.17) is 9.47 Å². The number of carbonyl (C=O) groups excluding carboxylic acids is 1. The first-order chi connectivity index (χ1) is 11.5. The van der Waals surface area contributed by atoms with Gasteiger partial charge in [-0.3, -0.25) is 4.79 Å². The highest BCUT2D eigenvalue weighted by atomic mass is 19.1. The molecule has 0 aliphatic carbocycles. The van der Waals surface area contributed by atoms with Gasteiger partial charge in [-0.2, -0.15) is 0 Å². The molecule has 126 valence electrons. The number of amides is 1. The van der Waals surface area contributed by atoms with Crippen LogP contribution in [0.3, 0.4) is 0 Å². The maximum Gasteiger partial charge on any atom is 0.279 e. The van der Waals surface area contributed by atoms with E-state index in [-0.39, 0.29) is 13.3 Å². The van der Waals surface area contributed by atoms with Crippen LogP contribution in [0.4, 0.5) is 14.5 Å². The van der Waals surface area contributed by atoms with Crippen molar-refractivity contribution < 1.29 is 27.9 Å². The molecule has 24 heavy (non-hydrogen) atoms. The maximum absolute atomic E-state index is 13.5. The summed E-state index contributed by atoms with van der Waals surface area (Å²) in [5.41, 5.74) is 0.556. The third-order valence-electron chi connectivity index (χ3n) is 3.63. The van der Waals surface area contributed by atoms with Crippen LogP contribution in [0.25, 0.3) is 0 Å². The highest BCUT2D eigenvalue weighted by molar-refractivity contribution is 5.91. The number of anilines is 1.